The zero-order valence-electron chi connectivity index (χ0n) is 2.46. The molecular weight excluding hydrogens is 90.5 g/mol. The summed E-state index contributed by atoms with van der Waals surface area (Å²) >= 11 is 5.04. The first-order valence-electron chi connectivity index (χ1n) is 1.34. The Bertz CT molecular complexity index is 74.9. The van der Waals surface area contributed by atoms with Crippen molar-refractivity contribution >= 4 is 11.6 Å². The zero-order valence-corrected chi connectivity index (χ0v) is 3.22. The molecule has 0 atom stereocenters. The predicted molar refractivity (Wildman–Crippen MR) is 18.6 cm³/mol. The molecule has 1 aliphatic carbocycles. The van der Waals surface area contributed by atoms with E-state index >= 15 is 0 Å². The molecule has 0 spiro atoms. The van der Waals surface area contributed by atoms with E-state index in [0.29, 0.717) is 11.5 Å². The van der Waals surface area contributed by atoms with Crippen LogP contribution in [0.1, 0.15) is 6.42 Å². The van der Waals surface area contributed by atoms with Crippen molar-refractivity contribution in [2.45, 2.75) is 6.42 Å². The Labute approximate surface area is 34.2 Å². The Hall–Kier alpha value is -0.0400. The third-order valence-electron chi connectivity index (χ3n) is 0.480. The van der Waals surface area contributed by atoms with Crippen LogP contribution in [-0.2, 0) is 0 Å². The van der Waals surface area contributed by atoms with Crippen molar-refractivity contribution in [3.05, 3.63) is 10.9 Å². The minimum atomic E-state index is -0.147. The number of rotatable bonds is 0. The van der Waals surface area contributed by atoms with Crippen LogP contribution >= 0.6 is 11.6 Å². The second-order valence-corrected chi connectivity index (χ2v) is 1.44. The quantitative estimate of drug-likeness (QED) is 0.428. The first-order valence-corrected chi connectivity index (χ1v) is 1.71. The van der Waals surface area contributed by atoms with Gasteiger partial charge in [0.25, 0.3) is 0 Å². The van der Waals surface area contributed by atoms with Crippen molar-refractivity contribution in [2.75, 3.05) is 0 Å². The lowest BCUT2D eigenvalue weighted by atomic mass is 10.9. The lowest BCUT2D eigenvalue weighted by molar-refractivity contribution is 0.671. The van der Waals surface area contributed by atoms with E-state index in [-0.39, 0.29) is 5.83 Å². The van der Waals surface area contributed by atoms with Crippen molar-refractivity contribution in [3.8, 4) is 0 Å². The van der Waals surface area contributed by atoms with Gasteiger partial charge in [-0.1, -0.05) is 11.6 Å². The van der Waals surface area contributed by atoms with Gasteiger partial charge in [-0.15, -0.1) is 0 Å². The molecule has 0 fully saturated rings. The number of halogens is 2. The van der Waals surface area contributed by atoms with Crippen LogP contribution < -0.4 is 0 Å². The summed E-state index contributed by atoms with van der Waals surface area (Å²) in [6.07, 6.45) is 0.404. The molecule has 0 unspecified atom stereocenters. The van der Waals surface area contributed by atoms with E-state index in [0.717, 1.165) is 0 Å². The summed E-state index contributed by atoms with van der Waals surface area (Å²) in [6.45, 7) is 0. The van der Waals surface area contributed by atoms with Crippen molar-refractivity contribution in [2.24, 2.45) is 0 Å². The Kier molecular flexibility index (Phi) is 0.453. The molecule has 2 heteroatoms. The van der Waals surface area contributed by atoms with Crippen LogP contribution in [0.5, 0.6) is 0 Å². The Morgan fingerprint density at radius 2 is 2.00 bits per heavy atom. The summed E-state index contributed by atoms with van der Waals surface area (Å²) in [6, 6.07) is 0. The summed E-state index contributed by atoms with van der Waals surface area (Å²) in [5.74, 6) is -0.147. The minimum absolute atomic E-state index is 0.147. The van der Waals surface area contributed by atoms with Gasteiger partial charge in [0.1, 0.15) is 5.83 Å². The van der Waals surface area contributed by atoms with Crippen molar-refractivity contribution < 1.29 is 4.39 Å². The van der Waals surface area contributed by atoms with Crippen LogP contribution in [0.2, 0.25) is 0 Å². The highest BCUT2D eigenvalue weighted by Gasteiger charge is 2.17. The third-order valence-corrected chi connectivity index (χ3v) is 0.818. The molecule has 0 heterocycles. The summed E-state index contributed by atoms with van der Waals surface area (Å²) in [5.41, 5.74) is 0. The molecule has 0 N–H and O–H groups in total. The summed E-state index contributed by atoms with van der Waals surface area (Å²) in [5, 5.41) is 0.394. The Morgan fingerprint density at radius 1 is 1.80 bits per heavy atom. The highest BCUT2D eigenvalue weighted by atomic mass is 35.5. The van der Waals surface area contributed by atoms with Gasteiger partial charge in [-0.3, -0.25) is 0 Å². The lowest BCUT2D eigenvalue weighted by Gasteiger charge is -1.41. The predicted octanol–water partition coefficient (Wildman–Crippen LogP) is 1.81. The molecular formula is C3H2ClF. The first kappa shape index (κ1) is 3.16. The van der Waals surface area contributed by atoms with Gasteiger partial charge in [0, 0.05) is 6.42 Å². The van der Waals surface area contributed by atoms with Crippen molar-refractivity contribution in [3.63, 3.8) is 0 Å². The molecule has 0 aromatic heterocycles. The van der Waals surface area contributed by atoms with Gasteiger partial charge in [-0.2, -0.15) is 0 Å². The molecule has 0 amide bonds. The fourth-order valence-electron chi connectivity index (χ4n) is 0.0921. The average Bonchev–Trinajstić information content (AvgIpc) is 1.79. The fraction of sp³-hybridized carbons (Fsp3) is 0.333. The van der Waals surface area contributed by atoms with Gasteiger partial charge in [-0.05, 0) is 0 Å². The van der Waals surface area contributed by atoms with E-state index in [4.69, 9.17) is 11.6 Å². The van der Waals surface area contributed by atoms with Crippen molar-refractivity contribution in [1.82, 2.24) is 0 Å². The summed E-state index contributed by atoms with van der Waals surface area (Å²) < 4.78 is 11.3. The Balaban J connectivity index is 2.59. The molecule has 0 nitrogen and oxygen atoms in total. The van der Waals surface area contributed by atoms with E-state index in [1.54, 1.807) is 0 Å². The highest BCUT2D eigenvalue weighted by molar-refractivity contribution is 6.32. The maximum atomic E-state index is 11.3. The standard InChI is InChI=1S/C3H2ClF/c4-2-1-3(2)5/h1H2. The number of hydrogen-bond acceptors (Lipinski definition) is 0. The maximum absolute atomic E-state index is 11.3. The first-order chi connectivity index (χ1) is 2.30. The van der Waals surface area contributed by atoms with E-state index in [9.17, 15) is 4.39 Å². The average molecular weight is 92.5 g/mol. The zero-order chi connectivity index (χ0) is 3.86. The fourth-order valence-corrected chi connectivity index (χ4v) is 0.209. The largest absolute Gasteiger partial charge is 0.210 e. The monoisotopic (exact) mass is 92.0 g/mol. The third kappa shape index (κ3) is 0.428. The van der Waals surface area contributed by atoms with E-state index in [1.807, 2.05) is 0 Å². The summed E-state index contributed by atoms with van der Waals surface area (Å²) in [4.78, 5) is 0. The second kappa shape index (κ2) is 0.716. The molecule has 0 saturated carbocycles. The van der Waals surface area contributed by atoms with Crippen molar-refractivity contribution in [1.29, 1.82) is 0 Å². The van der Waals surface area contributed by atoms with Gasteiger partial charge in [0.2, 0.25) is 0 Å². The normalized spacial score (nSPS) is 20.4. The van der Waals surface area contributed by atoms with Gasteiger partial charge in [0.15, 0.2) is 0 Å². The van der Waals surface area contributed by atoms with Gasteiger partial charge in [0.05, 0.1) is 5.03 Å². The van der Waals surface area contributed by atoms with Gasteiger partial charge >= 0.3 is 0 Å². The van der Waals surface area contributed by atoms with Crippen LogP contribution in [0, 0.1) is 0 Å². The van der Waals surface area contributed by atoms with Crippen LogP contribution in [0.3, 0.4) is 0 Å². The highest BCUT2D eigenvalue weighted by Crippen LogP contribution is 2.34. The molecule has 28 valence electrons. The maximum Gasteiger partial charge on any atom is 0.120 e. The number of allylic oxidation sites excluding steroid dienone is 2. The molecule has 0 bridgehead atoms. The smallest absolute Gasteiger partial charge is 0.120 e. The molecule has 0 saturated heterocycles. The molecule has 1 aliphatic rings. The Morgan fingerprint density at radius 3 is 2.00 bits per heavy atom. The van der Waals surface area contributed by atoms with Crippen LogP contribution in [0.25, 0.3) is 0 Å². The SMILES string of the molecule is FC1=C(Cl)C1. The van der Waals surface area contributed by atoms with E-state index < -0.39 is 0 Å². The second-order valence-electron chi connectivity index (χ2n) is 0.987. The van der Waals surface area contributed by atoms with Gasteiger partial charge in [-0.25, -0.2) is 4.39 Å². The van der Waals surface area contributed by atoms with Crippen LogP contribution in [-0.4, -0.2) is 0 Å². The lowest BCUT2D eigenvalue weighted by Crippen LogP contribution is -1.21. The van der Waals surface area contributed by atoms with Gasteiger partial charge < -0.3 is 0 Å². The van der Waals surface area contributed by atoms with Crippen LogP contribution in [0.4, 0.5) is 4.39 Å². The minimum Gasteiger partial charge on any atom is -0.210 e. The molecule has 0 radical (unpaired) electrons. The topological polar surface area (TPSA) is 0 Å². The molecule has 0 aromatic rings. The molecule has 1 rings (SSSR count). The van der Waals surface area contributed by atoms with Crippen LogP contribution in [0.15, 0.2) is 10.9 Å². The molecule has 0 aliphatic heterocycles. The van der Waals surface area contributed by atoms with E-state index in [2.05, 4.69) is 0 Å². The molecule has 0 aromatic carbocycles. The number of hydrogen-bond donors (Lipinski definition) is 0. The molecule has 5 heavy (non-hydrogen) atoms. The van der Waals surface area contributed by atoms with E-state index in [1.165, 1.54) is 0 Å². The summed E-state index contributed by atoms with van der Waals surface area (Å²) in [7, 11) is 0.